The van der Waals surface area contributed by atoms with Gasteiger partial charge in [-0.2, -0.15) is 0 Å². The van der Waals surface area contributed by atoms with Gasteiger partial charge in [0.15, 0.2) is 0 Å². The second-order valence-electron chi connectivity index (χ2n) is 6.30. The number of imide groups is 1. The second-order valence-corrected chi connectivity index (χ2v) is 6.30. The Bertz CT molecular complexity index is 631. The Morgan fingerprint density at radius 3 is 2.15 bits per heavy atom. The summed E-state index contributed by atoms with van der Waals surface area (Å²) in [7, 11) is 0. The summed E-state index contributed by atoms with van der Waals surface area (Å²) >= 11 is 0. The van der Waals surface area contributed by atoms with Gasteiger partial charge in [0.2, 0.25) is 11.8 Å². The Balaban J connectivity index is 1.78. The van der Waals surface area contributed by atoms with Crippen LogP contribution >= 0.6 is 0 Å². The molecule has 20 heavy (non-hydrogen) atoms. The highest BCUT2D eigenvalue weighted by atomic mass is 16.2. The monoisotopic (exact) mass is 267 g/mol. The van der Waals surface area contributed by atoms with Crippen LogP contribution in [0.2, 0.25) is 0 Å². The zero-order valence-electron chi connectivity index (χ0n) is 11.7. The molecule has 0 radical (unpaired) electrons. The van der Waals surface area contributed by atoms with Crippen molar-refractivity contribution in [1.82, 2.24) is 0 Å². The standard InChI is InChI=1S/C17H17NO2/c1-9-3-6-13(10(2)7-9)18-16(19)14-11-4-5-12(8-11)15(14)17(18)20/h3-7,11-12,14-15H,8H2,1-2H3/t11-,12-,14-,15-/m1/s1. The number of anilines is 1. The Morgan fingerprint density at radius 1 is 1.00 bits per heavy atom. The van der Waals surface area contributed by atoms with Crippen molar-refractivity contribution in [3.63, 3.8) is 0 Å². The zero-order valence-corrected chi connectivity index (χ0v) is 11.7. The maximum atomic E-state index is 12.7. The summed E-state index contributed by atoms with van der Waals surface area (Å²) in [5.41, 5.74) is 2.90. The normalized spacial score (nSPS) is 34.2. The molecule has 1 saturated heterocycles. The molecule has 1 aromatic carbocycles. The predicted molar refractivity (Wildman–Crippen MR) is 76.1 cm³/mol. The summed E-state index contributed by atoms with van der Waals surface area (Å²) in [6, 6.07) is 5.89. The van der Waals surface area contributed by atoms with Crippen LogP contribution < -0.4 is 4.90 Å². The van der Waals surface area contributed by atoms with Gasteiger partial charge < -0.3 is 0 Å². The molecule has 1 aliphatic heterocycles. The lowest BCUT2D eigenvalue weighted by atomic mass is 9.85. The molecule has 2 amide bonds. The van der Waals surface area contributed by atoms with Gasteiger partial charge in [-0.3, -0.25) is 9.59 Å². The number of aryl methyl sites for hydroxylation is 2. The molecule has 4 rings (SSSR count). The van der Waals surface area contributed by atoms with E-state index in [9.17, 15) is 9.59 Å². The van der Waals surface area contributed by atoms with Crippen molar-refractivity contribution in [2.75, 3.05) is 4.90 Å². The maximum Gasteiger partial charge on any atom is 0.238 e. The molecular weight excluding hydrogens is 250 g/mol. The van der Waals surface area contributed by atoms with E-state index in [4.69, 9.17) is 0 Å². The van der Waals surface area contributed by atoms with Crippen molar-refractivity contribution in [2.24, 2.45) is 23.7 Å². The summed E-state index contributed by atoms with van der Waals surface area (Å²) in [5, 5.41) is 0. The van der Waals surface area contributed by atoms with Gasteiger partial charge in [0.05, 0.1) is 17.5 Å². The SMILES string of the molecule is Cc1ccc(N2C(=O)[C@H]3[C@H](C2=O)[C@@H]2C=C[C@@H]3C2)c(C)c1. The van der Waals surface area contributed by atoms with Gasteiger partial charge in [0.1, 0.15) is 0 Å². The van der Waals surface area contributed by atoms with Crippen molar-refractivity contribution in [1.29, 1.82) is 0 Å². The number of amides is 2. The first-order valence-corrected chi connectivity index (χ1v) is 7.21. The fourth-order valence-corrected chi connectivity index (χ4v) is 4.20. The van der Waals surface area contributed by atoms with E-state index in [1.54, 1.807) is 0 Å². The van der Waals surface area contributed by atoms with Crippen molar-refractivity contribution in [2.45, 2.75) is 20.3 Å². The van der Waals surface area contributed by atoms with Gasteiger partial charge >= 0.3 is 0 Å². The highest BCUT2D eigenvalue weighted by Crippen LogP contribution is 2.53. The molecule has 3 nitrogen and oxygen atoms in total. The summed E-state index contributed by atoms with van der Waals surface area (Å²) in [4.78, 5) is 26.8. The maximum absolute atomic E-state index is 12.7. The highest BCUT2D eigenvalue weighted by molar-refractivity contribution is 6.23. The lowest BCUT2D eigenvalue weighted by Gasteiger charge is -2.19. The van der Waals surface area contributed by atoms with E-state index in [1.165, 1.54) is 4.90 Å². The fraction of sp³-hybridized carbons (Fsp3) is 0.412. The molecule has 1 saturated carbocycles. The minimum absolute atomic E-state index is 0.00352. The number of benzene rings is 1. The van der Waals surface area contributed by atoms with Crippen LogP contribution in [0.25, 0.3) is 0 Å². The minimum Gasteiger partial charge on any atom is -0.274 e. The molecule has 3 aliphatic rings. The van der Waals surface area contributed by atoms with Gasteiger partial charge in [-0.05, 0) is 43.7 Å². The Morgan fingerprint density at radius 2 is 1.60 bits per heavy atom. The fourth-order valence-electron chi connectivity index (χ4n) is 4.20. The summed E-state index contributed by atoms with van der Waals surface area (Å²) < 4.78 is 0. The van der Waals surface area contributed by atoms with Crippen LogP contribution in [0.15, 0.2) is 30.4 Å². The molecule has 0 N–H and O–H groups in total. The van der Waals surface area contributed by atoms with Crippen LogP contribution in [0.1, 0.15) is 17.5 Å². The average Bonchev–Trinajstić information content (AvgIpc) is 3.06. The third-order valence-corrected chi connectivity index (χ3v) is 5.06. The molecule has 4 atom stereocenters. The molecule has 1 heterocycles. The lowest BCUT2D eigenvalue weighted by molar-refractivity contribution is -0.123. The number of carbonyl (C=O) groups is 2. The van der Waals surface area contributed by atoms with Crippen molar-refractivity contribution < 1.29 is 9.59 Å². The van der Waals surface area contributed by atoms with Crippen molar-refractivity contribution in [3.8, 4) is 0 Å². The highest BCUT2D eigenvalue weighted by Gasteiger charge is 2.59. The number of allylic oxidation sites excluding steroid dienone is 2. The van der Waals surface area contributed by atoms with Crippen LogP contribution in [-0.4, -0.2) is 11.8 Å². The van der Waals surface area contributed by atoms with E-state index in [0.29, 0.717) is 0 Å². The van der Waals surface area contributed by atoms with Gasteiger partial charge in [-0.25, -0.2) is 4.90 Å². The van der Waals surface area contributed by atoms with Crippen LogP contribution in [-0.2, 0) is 9.59 Å². The van der Waals surface area contributed by atoms with Gasteiger partial charge in [0, 0.05) is 0 Å². The third-order valence-electron chi connectivity index (χ3n) is 5.06. The smallest absolute Gasteiger partial charge is 0.238 e. The van der Waals surface area contributed by atoms with Crippen LogP contribution in [0, 0.1) is 37.5 Å². The molecule has 0 spiro atoms. The quantitative estimate of drug-likeness (QED) is 0.579. The number of rotatable bonds is 1. The van der Waals surface area contributed by atoms with Crippen LogP contribution in [0.5, 0.6) is 0 Å². The molecular formula is C17H17NO2. The minimum atomic E-state index is -0.113. The molecule has 2 fully saturated rings. The molecule has 102 valence electrons. The molecule has 2 bridgehead atoms. The van der Waals surface area contributed by atoms with Crippen molar-refractivity contribution in [3.05, 3.63) is 41.5 Å². The molecule has 1 aromatic rings. The van der Waals surface area contributed by atoms with E-state index in [0.717, 1.165) is 23.2 Å². The average molecular weight is 267 g/mol. The third kappa shape index (κ3) is 1.35. The summed E-state index contributed by atoms with van der Waals surface area (Å²) in [6.07, 6.45) is 5.23. The number of fused-ring (bicyclic) bond motifs is 5. The van der Waals surface area contributed by atoms with Gasteiger partial charge in [0.25, 0.3) is 0 Å². The van der Waals surface area contributed by atoms with E-state index in [-0.39, 0.29) is 35.5 Å². The first-order valence-electron chi connectivity index (χ1n) is 7.21. The van der Waals surface area contributed by atoms with E-state index in [1.807, 2.05) is 32.0 Å². The van der Waals surface area contributed by atoms with Crippen molar-refractivity contribution >= 4 is 17.5 Å². The Labute approximate surface area is 118 Å². The second kappa shape index (κ2) is 3.81. The van der Waals surface area contributed by atoms with E-state index in [2.05, 4.69) is 12.2 Å². The largest absolute Gasteiger partial charge is 0.274 e. The van der Waals surface area contributed by atoms with Gasteiger partial charge in [-0.15, -0.1) is 0 Å². The molecule has 2 aliphatic carbocycles. The summed E-state index contributed by atoms with van der Waals surface area (Å²) in [5.74, 6) is 0.332. The topological polar surface area (TPSA) is 37.4 Å². The van der Waals surface area contributed by atoms with Crippen LogP contribution in [0.4, 0.5) is 5.69 Å². The first-order chi connectivity index (χ1) is 9.58. The van der Waals surface area contributed by atoms with E-state index < -0.39 is 0 Å². The van der Waals surface area contributed by atoms with Gasteiger partial charge in [-0.1, -0.05) is 29.8 Å². The number of hydrogen-bond acceptors (Lipinski definition) is 2. The molecule has 3 heteroatoms. The number of nitrogens with zero attached hydrogens (tertiary/aromatic N) is 1. The Kier molecular flexibility index (Phi) is 2.27. The molecule has 0 unspecified atom stereocenters. The zero-order chi connectivity index (χ0) is 14.0. The number of hydrogen-bond donors (Lipinski definition) is 0. The lowest BCUT2D eigenvalue weighted by Crippen LogP contribution is -2.33. The number of carbonyl (C=O) groups excluding carboxylic acids is 2. The molecule has 0 aromatic heterocycles. The van der Waals surface area contributed by atoms with Crippen LogP contribution in [0.3, 0.4) is 0 Å². The predicted octanol–water partition coefficient (Wildman–Crippen LogP) is 2.61. The Hall–Kier alpha value is -1.90. The first kappa shape index (κ1) is 11.9. The summed E-state index contributed by atoms with van der Waals surface area (Å²) in [6.45, 7) is 3.98. The van der Waals surface area contributed by atoms with E-state index >= 15 is 0 Å².